The van der Waals surface area contributed by atoms with Gasteiger partial charge in [-0.3, -0.25) is 0 Å². The maximum Gasteiger partial charge on any atom is 0.186 e. The minimum Gasteiger partial charge on any atom is -0.243 e. The van der Waals surface area contributed by atoms with Gasteiger partial charge in [0, 0.05) is 5.41 Å². The first-order valence-corrected chi connectivity index (χ1v) is 5.90. The number of benzene rings is 1. The molecule has 0 amide bonds. The molecule has 0 aliphatic heterocycles. The summed E-state index contributed by atoms with van der Waals surface area (Å²) in [5.74, 6) is 0. The molecule has 2 aromatic rings. The Labute approximate surface area is 107 Å². The van der Waals surface area contributed by atoms with Gasteiger partial charge in [-0.25, -0.2) is 4.68 Å². The zero-order valence-corrected chi connectivity index (χ0v) is 10.9. The largest absolute Gasteiger partial charge is 0.243 e. The smallest absolute Gasteiger partial charge is 0.186 e. The van der Waals surface area contributed by atoms with E-state index in [2.05, 4.69) is 37.2 Å². The van der Waals surface area contributed by atoms with Gasteiger partial charge in [-0.15, -0.1) is 5.10 Å². The fraction of sp³-hybridized carbons (Fsp3) is 0.357. The number of aromatic nitrogens is 3. The molecule has 0 N–H and O–H groups in total. The van der Waals surface area contributed by atoms with Crippen molar-refractivity contribution >= 4 is 0 Å². The number of hydrogen-bond donors (Lipinski definition) is 0. The van der Waals surface area contributed by atoms with Crippen LogP contribution in [0.4, 0.5) is 0 Å². The molecule has 0 aliphatic carbocycles. The Morgan fingerprint density at radius 2 is 1.89 bits per heavy atom. The van der Waals surface area contributed by atoms with Gasteiger partial charge in [-0.2, -0.15) is 5.26 Å². The van der Waals surface area contributed by atoms with Crippen molar-refractivity contribution in [2.75, 3.05) is 0 Å². The molecule has 18 heavy (non-hydrogen) atoms. The summed E-state index contributed by atoms with van der Waals surface area (Å²) in [4.78, 5) is 0. The molecule has 0 atom stereocenters. The highest BCUT2D eigenvalue weighted by Crippen LogP contribution is 2.24. The quantitative estimate of drug-likeness (QED) is 0.810. The van der Waals surface area contributed by atoms with E-state index >= 15 is 0 Å². The first-order chi connectivity index (χ1) is 8.52. The van der Waals surface area contributed by atoms with E-state index in [-0.39, 0.29) is 5.41 Å². The van der Waals surface area contributed by atoms with Crippen LogP contribution in [-0.4, -0.2) is 15.0 Å². The molecular weight excluding hydrogens is 224 g/mol. The van der Waals surface area contributed by atoms with Crippen LogP contribution >= 0.6 is 0 Å². The third-order valence-electron chi connectivity index (χ3n) is 2.73. The average molecular weight is 240 g/mol. The molecule has 92 valence electrons. The zero-order chi connectivity index (χ0) is 13.2. The summed E-state index contributed by atoms with van der Waals surface area (Å²) in [6.45, 7) is 6.83. The highest BCUT2D eigenvalue weighted by molar-refractivity contribution is 5.30. The number of nitrogens with zero attached hydrogens (tertiary/aromatic N) is 4. The molecule has 0 bridgehead atoms. The summed E-state index contributed by atoms with van der Waals surface area (Å²) in [6.07, 6.45) is 0. The lowest BCUT2D eigenvalue weighted by molar-refractivity contribution is 0.501. The maximum absolute atomic E-state index is 9.10. The van der Waals surface area contributed by atoms with E-state index < -0.39 is 0 Å². The molecule has 0 spiro atoms. The van der Waals surface area contributed by atoms with Gasteiger partial charge in [0.15, 0.2) is 5.69 Å². The number of hydrogen-bond acceptors (Lipinski definition) is 3. The lowest BCUT2D eigenvalue weighted by Gasteiger charge is -2.19. The highest BCUT2D eigenvalue weighted by atomic mass is 15.4. The van der Waals surface area contributed by atoms with E-state index in [9.17, 15) is 0 Å². The first kappa shape index (κ1) is 12.3. The lowest BCUT2D eigenvalue weighted by Crippen LogP contribution is -2.20. The molecule has 0 saturated carbocycles. The Hall–Kier alpha value is -2.15. The summed E-state index contributed by atoms with van der Waals surface area (Å²) in [5, 5.41) is 17.1. The topological polar surface area (TPSA) is 54.5 Å². The van der Waals surface area contributed by atoms with Crippen LogP contribution in [0.2, 0.25) is 0 Å². The molecule has 0 unspecified atom stereocenters. The summed E-state index contributed by atoms with van der Waals surface area (Å²) in [5.41, 5.74) is 2.30. The third-order valence-corrected chi connectivity index (χ3v) is 2.73. The molecule has 0 saturated heterocycles. The Bertz CT molecular complexity index is 570. The molecule has 0 aliphatic rings. The summed E-state index contributed by atoms with van der Waals surface area (Å²) < 4.78 is 1.81. The lowest BCUT2D eigenvalue weighted by atomic mass is 9.90. The SMILES string of the molecule is CC(C)(C)c1c(C#N)nnn1Cc1ccccc1. The predicted octanol–water partition coefficient (Wildman–Crippen LogP) is 2.50. The molecule has 0 fully saturated rings. The van der Waals surface area contributed by atoms with Gasteiger partial charge in [-0.1, -0.05) is 56.3 Å². The van der Waals surface area contributed by atoms with Crippen LogP contribution in [0.1, 0.15) is 37.7 Å². The second-order valence-corrected chi connectivity index (χ2v) is 5.29. The standard InChI is InChI=1S/C14H16N4/c1-14(2,3)13-12(9-15)16-17-18(13)10-11-7-5-4-6-8-11/h4-8H,10H2,1-3H3. The van der Waals surface area contributed by atoms with Crippen LogP contribution in [0.25, 0.3) is 0 Å². The van der Waals surface area contributed by atoms with Crippen molar-refractivity contribution in [2.45, 2.75) is 32.7 Å². The van der Waals surface area contributed by atoms with Crippen molar-refractivity contribution in [3.63, 3.8) is 0 Å². The molecule has 1 aromatic carbocycles. The van der Waals surface area contributed by atoms with E-state index in [1.807, 2.05) is 35.0 Å². The van der Waals surface area contributed by atoms with Crippen molar-refractivity contribution < 1.29 is 0 Å². The van der Waals surface area contributed by atoms with Crippen molar-refractivity contribution in [2.24, 2.45) is 0 Å². The van der Waals surface area contributed by atoms with Crippen LogP contribution in [0.15, 0.2) is 30.3 Å². The molecule has 1 aromatic heterocycles. The Morgan fingerprint density at radius 3 is 2.44 bits per heavy atom. The van der Waals surface area contributed by atoms with Crippen LogP contribution in [0.5, 0.6) is 0 Å². The van der Waals surface area contributed by atoms with Crippen molar-refractivity contribution in [1.82, 2.24) is 15.0 Å². The van der Waals surface area contributed by atoms with Crippen molar-refractivity contribution in [3.8, 4) is 6.07 Å². The van der Waals surface area contributed by atoms with Gasteiger partial charge in [0.1, 0.15) is 6.07 Å². The zero-order valence-electron chi connectivity index (χ0n) is 10.9. The maximum atomic E-state index is 9.10. The van der Waals surface area contributed by atoms with E-state index in [1.54, 1.807) is 0 Å². The number of rotatable bonds is 2. The van der Waals surface area contributed by atoms with Crippen molar-refractivity contribution in [1.29, 1.82) is 5.26 Å². The van der Waals surface area contributed by atoms with E-state index in [0.717, 1.165) is 11.3 Å². The fourth-order valence-corrected chi connectivity index (χ4v) is 2.00. The van der Waals surface area contributed by atoms with E-state index in [4.69, 9.17) is 5.26 Å². The number of nitriles is 1. The van der Waals surface area contributed by atoms with Gasteiger partial charge < -0.3 is 0 Å². The van der Waals surface area contributed by atoms with Gasteiger partial charge in [-0.05, 0) is 5.56 Å². The van der Waals surface area contributed by atoms with Gasteiger partial charge >= 0.3 is 0 Å². The fourth-order valence-electron chi connectivity index (χ4n) is 2.00. The van der Waals surface area contributed by atoms with E-state index in [1.165, 1.54) is 0 Å². The summed E-state index contributed by atoms with van der Waals surface area (Å²) in [7, 11) is 0. The predicted molar refractivity (Wildman–Crippen MR) is 69.0 cm³/mol. The molecule has 2 rings (SSSR count). The molecule has 1 heterocycles. The summed E-state index contributed by atoms with van der Waals surface area (Å²) in [6, 6.07) is 12.2. The van der Waals surface area contributed by atoms with Crippen molar-refractivity contribution in [3.05, 3.63) is 47.3 Å². The molecule has 4 heteroatoms. The van der Waals surface area contributed by atoms with Gasteiger partial charge in [0.05, 0.1) is 12.2 Å². The minimum absolute atomic E-state index is 0.149. The van der Waals surface area contributed by atoms with Gasteiger partial charge in [0.25, 0.3) is 0 Å². The van der Waals surface area contributed by atoms with E-state index in [0.29, 0.717) is 12.2 Å². The first-order valence-electron chi connectivity index (χ1n) is 5.90. The van der Waals surface area contributed by atoms with Crippen LogP contribution < -0.4 is 0 Å². The summed E-state index contributed by atoms with van der Waals surface area (Å²) >= 11 is 0. The second kappa shape index (κ2) is 4.61. The molecule has 0 radical (unpaired) electrons. The van der Waals surface area contributed by atoms with Crippen LogP contribution in [0.3, 0.4) is 0 Å². The second-order valence-electron chi connectivity index (χ2n) is 5.29. The van der Waals surface area contributed by atoms with Crippen LogP contribution in [0, 0.1) is 11.3 Å². The Balaban J connectivity index is 2.41. The normalized spacial score (nSPS) is 11.2. The molecule has 4 nitrogen and oxygen atoms in total. The minimum atomic E-state index is -0.149. The van der Waals surface area contributed by atoms with Crippen LogP contribution in [-0.2, 0) is 12.0 Å². The highest BCUT2D eigenvalue weighted by Gasteiger charge is 2.25. The van der Waals surface area contributed by atoms with Gasteiger partial charge in [0.2, 0.25) is 0 Å². The Morgan fingerprint density at radius 1 is 1.22 bits per heavy atom. The third kappa shape index (κ3) is 2.40. The monoisotopic (exact) mass is 240 g/mol. The Kier molecular flexibility index (Phi) is 3.15. The molecular formula is C14H16N4. The average Bonchev–Trinajstić information content (AvgIpc) is 2.73.